The van der Waals surface area contributed by atoms with Gasteiger partial charge in [0, 0.05) is 32.7 Å². The molecule has 2 aliphatic heterocycles. The van der Waals surface area contributed by atoms with Crippen LogP contribution in [0.25, 0.3) is 0 Å². The Morgan fingerprint density at radius 1 is 1.56 bits per heavy atom. The number of fused-ring (bicyclic) bond motifs is 1. The van der Waals surface area contributed by atoms with Gasteiger partial charge in [0.15, 0.2) is 0 Å². The molecule has 3 amide bonds. The van der Waals surface area contributed by atoms with Gasteiger partial charge < -0.3 is 20.4 Å². The summed E-state index contributed by atoms with van der Waals surface area (Å²) < 4.78 is 0. The summed E-state index contributed by atoms with van der Waals surface area (Å²) in [6, 6.07) is 0.238. The Bertz CT molecular complexity index is 321. The summed E-state index contributed by atoms with van der Waals surface area (Å²) in [7, 11) is 0. The Kier molecular flexibility index (Phi) is 4.41. The van der Waals surface area contributed by atoms with Crippen LogP contribution in [0, 0.1) is 0 Å². The number of nitrogens with zero attached hydrogens (tertiary/aromatic N) is 2. The van der Waals surface area contributed by atoms with Crippen molar-refractivity contribution in [1.82, 2.24) is 20.4 Å². The van der Waals surface area contributed by atoms with Crippen LogP contribution in [0.2, 0.25) is 0 Å². The molecule has 0 bridgehead atoms. The number of nitrogens with one attached hydrogen (secondary N) is 2. The van der Waals surface area contributed by atoms with Crippen LogP contribution in [0.1, 0.15) is 19.8 Å². The maximum atomic E-state index is 12.0. The van der Waals surface area contributed by atoms with Gasteiger partial charge in [0.1, 0.15) is 6.54 Å². The van der Waals surface area contributed by atoms with Crippen LogP contribution in [0.5, 0.6) is 0 Å². The Morgan fingerprint density at radius 2 is 2.39 bits per heavy atom. The highest BCUT2D eigenvalue weighted by Gasteiger charge is 2.38. The number of hydrogen-bond donors (Lipinski definition) is 2. The number of urea groups is 1. The van der Waals surface area contributed by atoms with E-state index >= 15 is 0 Å². The van der Waals surface area contributed by atoms with Gasteiger partial charge in [0.2, 0.25) is 5.91 Å². The second-order valence-corrected chi connectivity index (χ2v) is 4.92. The summed E-state index contributed by atoms with van der Waals surface area (Å²) in [4.78, 5) is 27.3. The summed E-state index contributed by atoms with van der Waals surface area (Å²) >= 11 is 0. The molecule has 2 fully saturated rings. The van der Waals surface area contributed by atoms with Crippen molar-refractivity contribution in [3.05, 3.63) is 0 Å². The molecule has 0 radical (unpaired) electrons. The van der Waals surface area contributed by atoms with Crippen LogP contribution in [0.3, 0.4) is 0 Å². The predicted octanol–water partition coefficient (Wildman–Crippen LogP) is -0.388. The third-order valence-electron chi connectivity index (χ3n) is 3.48. The zero-order valence-corrected chi connectivity index (χ0v) is 10.9. The maximum Gasteiger partial charge on any atom is 0.320 e. The molecule has 18 heavy (non-hydrogen) atoms. The Hall–Kier alpha value is -1.30. The molecule has 0 spiro atoms. The van der Waals surface area contributed by atoms with Crippen molar-refractivity contribution >= 4 is 11.9 Å². The number of carbonyl (C=O) groups is 2. The first-order valence-electron chi connectivity index (χ1n) is 6.75. The number of hydrogen-bond acceptors (Lipinski definition) is 3. The fourth-order valence-corrected chi connectivity index (χ4v) is 2.46. The van der Waals surface area contributed by atoms with Gasteiger partial charge in [-0.15, -0.1) is 0 Å². The van der Waals surface area contributed by atoms with Crippen molar-refractivity contribution in [2.24, 2.45) is 0 Å². The van der Waals surface area contributed by atoms with Gasteiger partial charge in [-0.05, 0) is 6.42 Å². The van der Waals surface area contributed by atoms with Crippen LogP contribution >= 0.6 is 0 Å². The topological polar surface area (TPSA) is 64.7 Å². The predicted molar refractivity (Wildman–Crippen MR) is 68.3 cm³/mol. The lowest BCUT2D eigenvalue weighted by Gasteiger charge is -2.28. The largest absolute Gasteiger partial charge is 0.355 e. The molecule has 2 N–H and O–H groups in total. The quantitative estimate of drug-likeness (QED) is 0.657. The maximum absolute atomic E-state index is 12.0. The van der Waals surface area contributed by atoms with Crippen LogP contribution in [0.15, 0.2) is 0 Å². The number of unbranched alkanes of at least 4 members (excludes halogenated alkanes) is 1. The first kappa shape index (κ1) is 13.1. The Labute approximate surface area is 108 Å². The Morgan fingerprint density at radius 3 is 3.11 bits per heavy atom. The van der Waals surface area contributed by atoms with Crippen LogP contribution < -0.4 is 10.6 Å². The second-order valence-electron chi connectivity index (χ2n) is 4.92. The monoisotopic (exact) mass is 254 g/mol. The highest BCUT2D eigenvalue weighted by molar-refractivity contribution is 5.85. The van der Waals surface area contributed by atoms with E-state index in [0.717, 1.165) is 32.5 Å². The summed E-state index contributed by atoms with van der Waals surface area (Å²) in [6.07, 6.45) is 2.04. The zero-order chi connectivity index (χ0) is 13.0. The minimum atomic E-state index is -0.0513. The summed E-state index contributed by atoms with van der Waals surface area (Å²) in [5.74, 6) is -0.0513. The summed E-state index contributed by atoms with van der Waals surface area (Å²) in [5, 5.41) is 6.12. The van der Waals surface area contributed by atoms with E-state index in [1.54, 1.807) is 4.90 Å². The Balaban J connectivity index is 1.79. The molecule has 1 atom stereocenters. The normalized spacial score (nSPS) is 23.2. The molecule has 6 heteroatoms. The third-order valence-corrected chi connectivity index (χ3v) is 3.48. The third kappa shape index (κ3) is 2.93. The molecular weight excluding hydrogens is 232 g/mol. The molecule has 2 aliphatic rings. The van der Waals surface area contributed by atoms with Gasteiger partial charge in [0.05, 0.1) is 6.04 Å². The first-order chi connectivity index (χ1) is 8.72. The SMILES string of the molecule is CCCCNC(=O)CN1CC2CNCCN2C1=O. The van der Waals surface area contributed by atoms with E-state index in [2.05, 4.69) is 17.6 Å². The molecule has 1 unspecified atom stereocenters. The van der Waals surface area contributed by atoms with Crippen LogP contribution in [-0.2, 0) is 4.79 Å². The van der Waals surface area contributed by atoms with Crippen LogP contribution in [-0.4, -0.2) is 67.0 Å². The molecule has 0 aromatic heterocycles. The minimum absolute atomic E-state index is 0.00661. The molecule has 0 aromatic carbocycles. The lowest BCUT2D eigenvalue weighted by atomic mass is 10.2. The standard InChI is InChI=1S/C12H22N4O2/c1-2-3-4-14-11(17)9-15-8-10-7-13-5-6-16(10)12(15)18/h10,13H,2-9H2,1H3,(H,14,17). The highest BCUT2D eigenvalue weighted by atomic mass is 16.2. The van der Waals surface area contributed by atoms with Gasteiger partial charge >= 0.3 is 6.03 Å². The molecule has 2 saturated heterocycles. The van der Waals surface area contributed by atoms with Gasteiger partial charge in [-0.1, -0.05) is 13.3 Å². The van der Waals surface area contributed by atoms with Gasteiger partial charge in [-0.3, -0.25) is 4.79 Å². The second kappa shape index (κ2) is 6.04. The first-order valence-corrected chi connectivity index (χ1v) is 6.75. The lowest BCUT2D eigenvalue weighted by molar-refractivity contribution is -0.121. The van der Waals surface area contributed by atoms with Crippen molar-refractivity contribution in [3.63, 3.8) is 0 Å². The lowest BCUT2D eigenvalue weighted by Crippen LogP contribution is -2.50. The zero-order valence-electron chi connectivity index (χ0n) is 10.9. The van der Waals surface area contributed by atoms with E-state index in [1.807, 2.05) is 4.90 Å². The molecular formula is C12H22N4O2. The van der Waals surface area contributed by atoms with E-state index in [0.29, 0.717) is 13.1 Å². The van der Waals surface area contributed by atoms with E-state index in [9.17, 15) is 9.59 Å². The van der Waals surface area contributed by atoms with E-state index in [-0.39, 0.29) is 24.5 Å². The number of rotatable bonds is 5. The van der Waals surface area contributed by atoms with Gasteiger partial charge in [0.25, 0.3) is 0 Å². The van der Waals surface area contributed by atoms with Crippen molar-refractivity contribution in [3.8, 4) is 0 Å². The van der Waals surface area contributed by atoms with E-state index < -0.39 is 0 Å². The van der Waals surface area contributed by atoms with Crippen molar-refractivity contribution in [2.45, 2.75) is 25.8 Å². The summed E-state index contributed by atoms with van der Waals surface area (Å²) in [6.45, 7) is 6.06. The molecule has 0 aromatic rings. The van der Waals surface area contributed by atoms with Crippen molar-refractivity contribution in [1.29, 1.82) is 0 Å². The summed E-state index contributed by atoms with van der Waals surface area (Å²) in [5.41, 5.74) is 0. The molecule has 2 rings (SSSR count). The molecule has 2 heterocycles. The fraction of sp³-hybridized carbons (Fsp3) is 0.833. The number of piperazine rings is 1. The molecule has 6 nitrogen and oxygen atoms in total. The number of carbonyl (C=O) groups excluding carboxylic acids is 2. The van der Waals surface area contributed by atoms with Crippen LogP contribution in [0.4, 0.5) is 4.79 Å². The van der Waals surface area contributed by atoms with Crippen molar-refractivity contribution < 1.29 is 9.59 Å². The fourth-order valence-electron chi connectivity index (χ4n) is 2.46. The smallest absolute Gasteiger partial charge is 0.320 e. The van der Waals surface area contributed by atoms with E-state index in [1.165, 1.54) is 0 Å². The highest BCUT2D eigenvalue weighted by Crippen LogP contribution is 2.16. The van der Waals surface area contributed by atoms with Gasteiger partial charge in [-0.25, -0.2) is 4.79 Å². The molecule has 0 aliphatic carbocycles. The average Bonchev–Trinajstić information content (AvgIpc) is 2.67. The van der Waals surface area contributed by atoms with Gasteiger partial charge in [-0.2, -0.15) is 0 Å². The minimum Gasteiger partial charge on any atom is -0.355 e. The average molecular weight is 254 g/mol. The van der Waals surface area contributed by atoms with E-state index in [4.69, 9.17) is 0 Å². The van der Waals surface area contributed by atoms with Crippen molar-refractivity contribution in [2.75, 3.05) is 39.3 Å². The molecule has 0 saturated carbocycles. The number of amides is 3. The molecule has 102 valence electrons.